The quantitative estimate of drug-likeness (QED) is 0.468. The molecule has 0 saturated heterocycles. The van der Waals surface area contributed by atoms with Crippen molar-refractivity contribution in [2.75, 3.05) is 0 Å². The second-order valence-electron chi connectivity index (χ2n) is 8.59. The molecule has 1 aliphatic rings. The molecule has 0 unspecified atom stereocenters. The van der Waals surface area contributed by atoms with Gasteiger partial charge >= 0.3 is 6.18 Å². The minimum Gasteiger partial charge on any atom is -0.508 e. The average molecular weight is 513 g/mol. The molecule has 1 heterocycles. The van der Waals surface area contributed by atoms with Crippen molar-refractivity contribution >= 4 is 27.3 Å². The molecule has 0 amide bonds. The molecular formula is C24H24BrF3O4. The molecule has 0 aliphatic carbocycles. The summed E-state index contributed by atoms with van der Waals surface area (Å²) in [4.78, 5) is 13.2. The van der Waals surface area contributed by atoms with Crippen molar-refractivity contribution in [3.05, 3.63) is 63.3 Å². The van der Waals surface area contributed by atoms with E-state index in [0.717, 1.165) is 17.7 Å². The van der Waals surface area contributed by atoms with Crippen molar-refractivity contribution in [2.45, 2.75) is 58.4 Å². The summed E-state index contributed by atoms with van der Waals surface area (Å²) in [5.74, 6) is -0.0421. The van der Waals surface area contributed by atoms with Crippen LogP contribution >= 0.6 is 15.9 Å². The van der Waals surface area contributed by atoms with Crippen LogP contribution in [0.25, 0.3) is 5.57 Å². The van der Waals surface area contributed by atoms with E-state index >= 15 is 0 Å². The Kier molecular flexibility index (Phi) is 6.25. The Hall–Kier alpha value is -2.32. The Morgan fingerprint density at radius 3 is 2.28 bits per heavy atom. The number of rotatable bonds is 4. The molecule has 0 atom stereocenters. The third-order valence-corrected chi connectivity index (χ3v) is 5.93. The number of aliphatic hydroxyl groups excluding tert-OH is 1. The largest absolute Gasteiger partial charge is 0.508 e. The molecule has 0 fully saturated rings. The molecule has 32 heavy (non-hydrogen) atoms. The van der Waals surface area contributed by atoms with Crippen LogP contribution < -0.4 is 4.74 Å². The Morgan fingerprint density at radius 2 is 1.72 bits per heavy atom. The van der Waals surface area contributed by atoms with Crippen LogP contribution in [0.15, 0.2) is 46.6 Å². The predicted molar refractivity (Wildman–Crippen MR) is 119 cm³/mol. The van der Waals surface area contributed by atoms with Gasteiger partial charge in [0.05, 0.1) is 15.6 Å². The summed E-state index contributed by atoms with van der Waals surface area (Å²) in [6.07, 6.45) is -3.88. The molecule has 1 N–H and O–H groups in total. The number of aryl methyl sites for hydroxylation is 1. The number of benzene rings is 2. The first-order chi connectivity index (χ1) is 14.7. The van der Waals surface area contributed by atoms with E-state index in [1.807, 2.05) is 6.92 Å². The van der Waals surface area contributed by atoms with Crippen LogP contribution in [-0.4, -0.2) is 22.1 Å². The summed E-state index contributed by atoms with van der Waals surface area (Å²) in [6, 6.07) is 8.16. The number of alkyl halides is 3. The van der Waals surface area contributed by atoms with Gasteiger partial charge in [-0.3, -0.25) is 4.79 Å². The lowest BCUT2D eigenvalue weighted by Gasteiger charge is -2.40. The first kappa shape index (κ1) is 24.3. The highest BCUT2D eigenvalue weighted by Gasteiger charge is 2.47. The SMILES string of the molecule is CCc1ccc(Oc2ccc(C(F)(F)F)cc2Br)cc1C1=C(O)C(C)(C)OC(C)(C)C1=O. The van der Waals surface area contributed by atoms with Gasteiger partial charge in [-0.2, -0.15) is 13.2 Å². The number of Topliss-reactive ketones (excluding diaryl/α,β-unsaturated/α-hetero) is 1. The smallest absolute Gasteiger partial charge is 0.416 e. The summed E-state index contributed by atoms with van der Waals surface area (Å²) in [7, 11) is 0. The molecule has 0 aromatic heterocycles. The van der Waals surface area contributed by atoms with E-state index < -0.39 is 22.9 Å². The van der Waals surface area contributed by atoms with E-state index in [1.54, 1.807) is 45.9 Å². The number of carbonyl (C=O) groups is 1. The number of ether oxygens (including phenoxy) is 2. The van der Waals surface area contributed by atoms with Gasteiger partial charge in [0.2, 0.25) is 0 Å². The number of ketones is 1. The third-order valence-electron chi connectivity index (χ3n) is 5.31. The van der Waals surface area contributed by atoms with Gasteiger partial charge < -0.3 is 14.6 Å². The molecule has 3 rings (SSSR count). The lowest BCUT2D eigenvalue weighted by Crippen LogP contribution is -2.49. The van der Waals surface area contributed by atoms with Gasteiger partial charge in [-0.25, -0.2) is 0 Å². The minimum absolute atomic E-state index is 0.139. The number of hydrogen-bond acceptors (Lipinski definition) is 4. The Morgan fingerprint density at radius 1 is 1.06 bits per heavy atom. The van der Waals surface area contributed by atoms with Gasteiger partial charge in [-0.15, -0.1) is 0 Å². The number of aliphatic hydroxyl groups is 1. The minimum atomic E-state index is -4.47. The van der Waals surface area contributed by atoms with Crippen LogP contribution in [0, 0.1) is 0 Å². The molecule has 172 valence electrons. The maximum absolute atomic E-state index is 13.2. The van der Waals surface area contributed by atoms with Crippen molar-refractivity contribution in [3.8, 4) is 11.5 Å². The standard InChI is InChI=1S/C24H24BrF3O4/c1-6-13-7-9-15(31-18-10-8-14(11-17(18)25)24(26,27)28)12-16(13)19-20(29)22(2,3)32-23(4,5)21(19)30/h7-12,29H,6H2,1-5H3. The first-order valence-electron chi connectivity index (χ1n) is 10.0. The van der Waals surface area contributed by atoms with Gasteiger partial charge in [-0.05, 0) is 91.5 Å². The van der Waals surface area contributed by atoms with E-state index in [-0.39, 0.29) is 27.3 Å². The van der Waals surface area contributed by atoms with E-state index in [9.17, 15) is 23.1 Å². The molecule has 2 aromatic carbocycles. The zero-order chi connectivity index (χ0) is 24.1. The first-order valence-corrected chi connectivity index (χ1v) is 10.8. The Labute approximate surface area is 193 Å². The Bertz CT molecular complexity index is 1100. The molecule has 8 heteroatoms. The summed E-state index contributed by atoms with van der Waals surface area (Å²) >= 11 is 3.12. The number of hydrogen-bond donors (Lipinski definition) is 1. The molecule has 0 spiro atoms. The summed E-state index contributed by atoms with van der Waals surface area (Å²) < 4.78 is 50.6. The maximum Gasteiger partial charge on any atom is 0.416 e. The molecule has 4 nitrogen and oxygen atoms in total. The van der Waals surface area contributed by atoms with Crippen molar-refractivity contribution in [3.63, 3.8) is 0 Å². The molecule has 2 aromatic rings. The zero-order valence-electron chi connectivity index (χ0n) is 18.4. The normalized spacial score (nSPS) is 18.1. The fourth-order valence-corrected chi connectivity index (χ4v) is 4.20. The van der Waals surface area contributed by atoms with Crippen LogP contribution in [0.2, 0.25) is 0 Å². The van der Waals surface area contributed by atoms with E-state index in [0.29, 0.717) is 17.7 Å². The molecule has 0 radical (unpaired) electrons. The van der Waals surface area contributed by atoms with Crippen LogP contribution in [-0.2, 0) is 22.1 Å². The van der Waals surface area contributed by atoms with E-state index in [4.69, 9.17) is 9.47 Å². The van der Waals surface area contributed by atoms with Crippen LogP contribution in [0.1, 0.15) is 51.3 Å². The molecule has 0 saturated carbocycles. The highest BCUT2D eigenvalue weighted by molar-refractivity contribution is 9.10. The molecule has 1 aliphatic heterocycles. The second kappa shape index (κ2) is 8.23. The second-order valence-corrected chi connectivity index (χ2v) is 9.45. The van der Waals surface area contributed by atoms with Crippen molar-refractivity contribution in [1.82, 2.24) is 0 Å². The summed E-state index contributed by atoms with van der Waals surface area (Å²) in [5.41, 5.74) is -1.56. The average Bonchev–Trinajstić information content (AvgIpc) is 2.67. The van der Waals surface area contributed by atoms with Crippen molar-refractivity contribution in [1.29, 1.82) is 0 Å². The Balaban J connectivity index is 2.08. The van der Waals surface area contributed by atoms with Crippen molar-refractivity contribution < 1.29 is 32.5 Å². The van der Waals surface area contributed by atoms with Crippen LogP contribution in [0.4, 0.5) is 13.2 Å². The highest BCUT2D eigenvalue weighted by atomic mass is 79.9. The topological polar surface area (TPSA) is 55.8 Å². The van der Waals surface area contributed by atoms with E-state index in [1.165, 1.54) is 6.07 Å². The van der Waals surface area contributed by atoms with Gasteiger partial charge in [0.25, 0.3) is 0 Å². The van der Waals surface area contributed by atoms with Crippen LogP contribution in [0.3, 0.4) is 0 Å². The van der Waals surface area contributed by atoms with Gasteiger partial charge in [0.1, 0.15) is 28.5 Å². The fourth-order valence-electron chi connectivity index (χ4n) is 3.74. The van der Waals surface area contributed by atoms with E-state index in [2.05, 4.69) is 15.9 Å². The highest BCUT2D eigenvalue weighted by Crippen LogP contribution is 2.42. The monoisotopic (exact) mass is 512 g/mol. The summed E-state index contributed by atoms with van der Waals surface area (Å²) in [5, 5.41) is 10.9. The number of carbonyl (C=O) groups excluding carboxylic acids is 1. The zero-order valence-corrected chi connectivity index (χ0v) is 19.9. The lowest BCUT2D eigenvalue weighted by atomic mass is 9.81. The van der Waals surface area contributed by atoms with Gasteiger partial charge in [0, 0.05) is 0 Å². The fraction of sp³-hybridized carbons (Fsp3) is 0.375. The lowest BCUT2D eigenvalue weighted by molar-refractivity contribution is -0.158. The van der Waals surface area contributed by atoms with Gasteiger partial charge in [-0.1, -0.05) is 13.0 Å². The molecule has 0 bridgehead atoms. The van der Waals surface area contributed by atoms with Crippen LogP contribution in [0.5, 0.6) is 11.5 Å². The molecular weight excluding hydrogens is 489 g/mol. The third kappa shape index (κ3) is 4.57. The van der Waals surface area contributed by atoms with Gasteiger partial charge in [0.15, 0.2) is 5.78 Å². The maximum atomic E-state index is 13.2. The summed E-state index contributed by atoms with van der Waals surface area (Å²) in [6.45, 7) is 8.58. The van der Waals surface area contributed by atoms with Crippen molar-refractivity contribution in [2.24, 2.45) is 0 Å². The number of halogens is 4. The predicted octanol–water partition coefficient (Wildman–Crippen LogP) is 7.25.